The number of rotatable bonds is 16. The summed E-state index contributed by atoms with van der Waals surface area (Å²) in [5, 5.41) is 20.0. The number of nitriles is 1. The number of halogens is 1. The van der Waals surface area contributed by atoms with E-state index in [9.17, 15) is 29.2 Å². The summed E-state index contributed by atoms with van der Waals surface area (Å²) in [5.74, 6) is -1.82. The molecule has 0 saturated carbocycles. The Hall–Kier alpha value is -7.19. The molecule has 2 heterocycles. The Morgan fingerprint density at radius 2 is 1.52 bits per heavy atom. The molecule has 5 aromatic rings. The lowest BCUT2D eigenvalue weighted by molar-refractivity contribution is -0.130. The lowest BCUT2D eigenvalue weighted by Gasteiger charge is -2.44. The molecule has 2 atom stereocenters. The van der Waals surface area contributed by atoms with Crippen LogP contribution >= 0.6 is 0 Å². The van der Waals surface area contributed by atoms with E-state index < -0.39 is 54.4 Å². The Kier molecular flexibility index (Phi) is 15.1. The number of ether oxygens (including phenoxy) is 2. The summed E-state index contributed by atoms with van der Waals surface area (Å²) in [7, 11) is -3.57. The SMILES string of the molecule is CC(C)(C)[Si](F)(c1ccc(C(=O)NC[C@@H](NC(=O)OCC2c3ccccc3-c3ccccc32)C(=O)NCCCOc2ccc3ncnc(C(=O)NCC(=O)N4CCC[C@H]4C#N)c3c2)cc1)C(C)(C)C. The van der Waals surface area contributed by atoms with E-state index in [4.69, 9.17) is 9.47 Å². The van der Waals surface area contributed by atoms with E-state index >= 15 is 4.11 Å². The first kappa shape index (κ1) is 49.7. The summed E-state index contributed by atoms with van der Waals surface area (Å²) in [6.45, 7) is 11.6. The van der Waals surface area contributed by atoms with Crippen LogP contribution in [0.2, 0.25) is 10.1 Å². The summed E-state index contributed by atoms with van der Waals surface area (Å²) in [5.41, 5.74) is 4.98. The lowest BCUT2D eigenvalue weighted by Crippen LogP contribution is -2.57. The quantitative estimate of drug-likeness (QED) is 0.0462. The van der Waals surface area contributed by atoms with Crippen LogP contribution < -0.4 is 31.2 Å². The third-order valence-electron chi connectivity index (χ3n) is 12.9. The molecule has 4 aromatic carbocycles. The Balaban J connectivity index is 0.972. The molecule has 1 aliphatic carbocycles. The van der Waals surface area contributed by atoms with Crippen molar-refractivity contribution in [3.05, 3.63) is 120 Å². The Labute approximate surface area is 402 Å². The van der Waals surface area contributed by atoms with Crippen LogP contribution in [0.1, 0.15) is 98.7 Å². The van der Waals surface area contributed by atoms with Gasteiger partial charge in [0.05, 0.1) is 24.7 Å². The monoisotopic (exact) mass is 954 g/mol. The van der Waals surface area contributed by atoms with Gasteiger partial charge in [-0.3, -0.25) is 19.2 Å². The van der Waals surface area contributed by atoms with E-state index in [1.807, 2.05) is 90.1 Å². The molecule has 360 valence electrons. The van der Waals surface area contributed by atoms with E-state index in [0.29, 0.717) is 41.2 Å². The van der Waals surface area contributed by atoms with Crippen molar-refractivity contribution in [2.45, 2.75) is 88.9 Å². The van der Waals surface area contributed by atoms with Crippen LogP contribution in [0.5, 0.6) is 5.75 Å². The molecule has 1 aromatic heterocycles. The largest absolute Gasteiger partial charge is 0.494 e. The summed E-state index contributed by atoms with van der Waals surface area (Å²) in [6, 6.07) is 27.8. The highest BCUT2D eigenvalue weighted by Gasteiger charge is 2.56. The number of benzene rings is 4. The van der Waals surface area contributed by atoms with Crippen molar-refractivity contribution >= 4 is 54.2 Å². The molecule has 0 bridgehead atoms. The number of carbonyl (C=O) groups is 5. The number of nitrogens with one attached hydrogen (secondary N) is 4. The minimum Gasteiger partial charge on any atom is -0.494 e. The summed E-state index contributed by atoms with van der Waals surface area (Å²) < 4.78 is 28.7. The molecule has 0 unspecified atom stereocenters. The molecule has 69 heavy (non-hydrogen) atoms. The summed E-state index contributed by atoms with van der Waals surface area (Å²) >= 11 is 0. The normalized spacial score (nSPS) is 15.0. The van der Waals surface area contributed by atoms with Gasteiger partial charge in [0, 0.05) is 36.5 Å². The van der Waals surface area contributed by atoms with Crippen LogP contribution in [-0.2, 0) is 14.3 Å². The van der Waals surface area contributed by atoms with Crippen molar-refractivity contribution < 1.29 is 37.6 Å². The number of fused-ring (bicyclic) bond motifs is 4. The van der Waals surface area contributed by atoms with Gasteiger partial charge in [0.25, 0.3) is 20.2 Å². The Morgan fingerprint density at radius 1 is 0.855 bits per heavy atom. The summed E-state index contributed by atoms with van der Waals surface area (Å²) in [6.07, 6.45) is 2.08. The van der Waals surface area contributed by atoms with Crippen molar-refractivity contribution in [1.82, 2.24) is 36.1 Å². The number of aromatic nitrogens is 2. The highest BCUT2D eigenvalue weighted by atomic mass is 28.4. The van der Waals surface area contributed by atoms with Gasteiger partial charge in [0.15, 0.2) is 0 Å². The van der Waals surface area contributed by atoms with Crippen molar-refractivity contribution in [3.63, 3.8) is 0 Å². The number of nitrogens with zero attached hydrogens (tertiary/aromatic N) is 4. The van der Waals surface area contributed by atoms with Gasteiger partial charge < -0.3 is 39.7 Å². The second-order valence-electron chi connectivity index (χ2n) is 19.4. The van der Waals surface area contributed by atoms with Crippen LogP contribution in [0.25, 0.3) is 22.0 Å². The Morgan fingerprint density at radius 3 is 2.17 bits per heavy atom. The smallest absolute Gasteiger partial charge is 0.407 e. The molecule has 0 spiro atoms. The van der Waals surface area contributed by atoms with Gasteiger partial charge >= 0.3 is 6.09 Å². The van der Waals surface area contributed by atoms with Gasteiger partial charge in [0.2, 0.25) is 11.8 Å². The molecule has 17 heteroatoms. The van der Waals surface area contributed by atoms with E-state index in [0.717, 1.165) is 28.7 Å². The molecule has 0 radical (unpaired) electrons. The zero-order valence-corrected chi connectivity index (χ0v) is 40.9. The second-order valence-corrected chi connectivity index (χ2v) is 24.3. The number of hydrogen-bond acceptors (Lipinski definition) is 10. The van der Waals surface area contributed by atoms with Gasteiger partial charge in [-0.2, -0.15) is 5.26 Å². The van der Waals surface area contributed by atoms with Crippen LogP contribution in [0.4, 0.5) is 8.90 Å². The minimum atomic E-state index is -3.57. The topological polar surface area (TPSA) is 205 Å². The van der Waals surface area contributed by atoms with Crippen LogP contribution in [0.3, 0.4) is 0 Å². The zero-order chi connectivity index (χ0) is 49.5. The van der Waals surface area contributed by atoms with Crippen LogP contribution in [0, 0.1) is 11.3 Å². The third kappa shape index (κ3) is 10.9. The maximum atomic E-state index is 17.0. The van der Waals surface area contributed by atoms with E-state index in [1.54, 1.807) is 42.5 Å². The van der Waals surface area contributed by atoms with Gasteiger partial charge in [-0.05, 0) is 87.1 Å². The highest BCUT2D eigenvalue weighted by molar-refractivity contribution is 6.90. The van der Waals surface area contributed by atoms with Crippen molar-refractivity contribution in [2.24, 2.45) is 0 Å². The lowest BCUT2D eigenvalue weighted by atomic mass is 9.98. The fourth-order valence-corrected chi connectivity index (χ4v) is 14.2. The van der Waals surface area contributed by atoms with Crippen molar-refractivity contribution in [1.29, 1.82) is 5.26 Å². The van der Waals surface area contributed by atoms with Crippen LogP contribution in [-0.4, -0.2) is 104 Å². The highest BCUT2D eigenvalue weighted by Crippen LogP contribution is 2.51. The van der Waals surface area contributed by atoms with Crippen molar-refractivity contribution in [2.75, 3.05) is 39.4 Å². The van der Waals surface area contributed by atoms with Crippen LogP contribution in [0.15, 0.2) is 97.3 Å². The molecule has 1 fully saturated rings. The molecule has 1 aliphatic heterocycles. The number of amides is 5. The maximum absolute atomic E-state index is 17.0. The molecule has 2 aliphatic rings. The van der Waals surface area contributed by atoms with E-state index in [1.165, 1.54) is 11.2 Å². The standard InChI is InChI=1S/C52H59FN8O7Si/c1-51(2,3)69(53,52(4,5)6)36-21-18-33(19-22-36)47(63)56-29-44(60-50(66)68-31-42-39-16-9-7-14-37(39)38-15-8-10-17-40(38)42)48(64)55-24-12-26-67-35-20-23-43-41(27-35)46(59-32-58-43)49(65)57-30-45(62)61-25-11-13-34(61)28-54/h7-10,14-23,27,32,34,42,44H,11-13,24-26,29-31H2,1-6H3,(H,55,64)(H,56,63)(H,57,65)(H,60,66)/t34-,44+/m0/s1. The number of hydrogen-bond donors (Lipinski definition) is 4. The molecule has 1 saturated heterocycles. The predicted molar refractivity (Wildman–Crippen MR) is 262 cm³/mol. The van der Waals surface area contributed by atoms with Gasteiger partial charge in [-0.25, -0.2) is 14.8 Å². The number of alkyl carbamates (subject to hydrolysis) is 1. The molecule has 4 N–H and O–H groups in total. The predicted octanol–water partition coefficient (Wildman–Crippen LogP) is 6.82. The first-order chi connectivity index (χ1) is 32.9. The molecule has 7 rings (SSSR count). The van der Waals surface area contributed by atoms with Gasteiger partial charge in [-0.15, -0.1) is 0 Å². The molecular formula is C52H59FN8O7Si. The average Bonchev–Trinajstić information content (AvgIpc) is 3.95. The Bertz CT molecular complexity index is 2710. The molecular weight excluding hydrogens is 896 g/mol. The minimum absolute atomic E-state index is 0.0158. The molecule has 15 nitrogen and oxygen atoms in total. The third-order valence-corrected chi connectivity index (χ3v) is 18.1. The zero-order valence-electron chi connectivity index (χ0n) is 39.9. The van der Waals surface area contributed by atoms with E-state index in [2.05, 4.69) is 37.3 Å². The molecule has 5 amide bonds. The fraction of sp³-hybridized carbons (Fsp3) is 0.385. The van der Waals surface area contributed by atoms with E-state index in [-0.39, 0.29) is 55.9 Å². The second kappa shape index (κ2) is 21.0. The number of carbonyl (C=O) groups excluding carboxylic acids is 5. The van der Waals surface area contributed by atoms with Gasteiger partial charge in [-0.1, -0.05) is 102 Å². The fourth-order valence-electron chi connectivity index (χ4n) is 9.57. The van der Waals surface area contributed by atoms with Crippen molar-refractivity contribution in [3.8, 4) is 22.9 Å². The maximum Gasteiger partial charge on any atom is 0.407 e. The summed E-state index contributed by atoms with van der Waals surface area (Å²) in [4.78, 5) is 76.5. The number of likely N-dealkylation sites (tertiary alicyclic amines) is 1. The average molecular weight is 955 g/mol. The van der Waals surface area contributed by atoms with Gasteiger partial charge in [0.1, 0.15) is 36.5 Å². The first-order valence-corrected chi connectivity index (χ1v) is 25.1. The first-order valence-electron chi connectivity index (χ1n) is 23.2.